The summed E-state index contributed by atoms with van der Waals surface area (Å²) >= 11 is 0. The van der Waals surface area contributed by atoms with Crippen molar-refractivity contribution in [3.05, 3.63) is 0 Å². The Labute approximate surface area is 91.1 Å². The van der Waals surface area contributed by atoms with Gasteiger partial charge in [0.1, 0.15) is 5.60 Å². The first-order chi connectivity index (χ1) is 6.76. The fourth-order valence-electron chi connectivity index (χ4n) is 0.912. The normalized spacial score (nSPS) is 14.3. The summed E-state index contributed by atoms with van der Waals surface area (Å²) in [5.41, 5.74) is -0.495. The molecule has 88 valence electrons. The molecule has 0 heterocycles. The van der Waals surface area contributed by atoms with Crippen LogP contribution in [-0.4, -0.2) is 24.0 Å². The molecule has 5 nitrogen and oxygen atoms in total. The molecule has 15 heavy (non-hydrogen) atoms. The number of rotatable bonds is 3. The summed E-state index contributed by atoms with van der Waals surface area (Å²) in [6.07, 6.45) is 1.04. The molecule has 1 unspecified atom stereocenters. The lowest BCUT2D eigenvalue weighted by Crippen LogP contribution is -2.42. The van der Waals surface area contributed by atoms with Gasteiger partial charge in [-0.2, -0.15) is 5.10 Å². The van der Waals surface area contributed by atoms with Gasteiger partial charge in [0.25, 0.3) is 0 Å². The van der Waals surface area contributed by atoms with Crippen LogP contribution < -0.4 is 11.2 Å². The quantitative estimate of drug-likeness (QED) is 0.425. The standard InChI is InChI=1S/C10H21N3O2/c1-7(2)8(6-12-11)13-9(14)15-10(3,4)5/h6-8H,11H2,1-5H3,(H,13,14)/b12-6+. The summed E-state index contributed by atoms with van der Waals surface area (Å²) in [5.74, 6) is 5.26. The lowest BCUT2D eigenvalue weighted by molar-refractivity contribution is 0.0509. The summed E-state index contributed by atoms with van der Waals surface area (Å²) in [6, 6.07) is -0.204. The predicted octanol–water partition coefficient (Wildman–Crippen LogP) is 1.48. The summed E-state index contributed by atoms with van der Waals surface area (Å²) < 4.78 is 5.11. The molecule has 0 bridgehead atoms. The third kappa shape index (κ3) is 6.76. The zero-order valence-corrected chi connectivity index (χ0v) is 10.1. The van der Waals surface area contributed by atoms with Crippen molar-refractivity contribution in [3.8, 4) is 0 Å². The molecule has 1 amide bonds. The van der Waals surface area contributed by atoms with Gasteiger partial charge in [0, 0.05) is 6.21 Å². The van der Waals surface area contributed by atoms with Crippen molar-refractivity contribution >= 4 is 12.3 Å². The number of amides is 1. The first-order valence-corrected chi connectivity index (χ1v) is 4.99. The van der Waals surface area contributed by atoms with Crippen LogP contribution in [0.2, 0.25) is 0 Å². The van der Waals surface area contributed by atoms with E-state index in [2.05, 4.69) is 10.4 Å². The van der Waals surface area contributed by atoms with Gasteiger partial charge in [-0.1, -0.05) is 13.8 Å². The minimum atomic E-state index is -0.495. The average molecular weight is 215 g/mol. The molecule has 1 atom stereocenters. The Morgan fingerprint density at radius 1 is 1.47 bits per heavy atom. The lowest BCUT2D eigenvalue weighted by atomic mass is 10.1. The van der Waals surface area contributed by atoms with Crippen molar-refractivity contribution in [2.24, 2.45) is 16.9 Å². The van der Waals surface area contributed by atoms with Crippen LogP contribution in [0, 0.1) is 5.92 Å². The number of alkyl carbamates (subject to hydrolysis) is 1. The van der Waals surface area contributed by atoms with Crippen molar-refractivity contribution in [3.63, 3.8) is 0 Å². The maximum atomic E-state index is 11.4. The second-order valence-electron chi connectivity index (χ2n) is 4.71. The minimum Gasteiger partial charge on any atom is -0.444 e. The highest BCUT2D eigenvalue weighted by Gasteiger charge is 2.20. The van der Waals surface area contributed by atoms with Gasteiger partial charge in [0.2, 0.25) is 0 Å². The maximum Gasteiger partial charge on any atom is 0.408 e. The van der Waals surface area contributed by atoms with E-state index < -0.39 is 11.7 Å². The van der Waals surface area contributed by atoms with Gasteiger partial charge >= 0.3 is 6.09 Å². The minimum absolute atomic E-state index is 0.204. The molecule has 0 saturated heterocycles. The van der Waals surface area contributed by atoms with Gasteiger partial charge in [-0.05, 0) is 26.7 Å². The Bertz CT molecular complexity index is 231. The predicted molar refractivity (Wildman–Crippen MR) is 60.7 cm³/mol. The number of hydrogen-bond donors (Lipinski definition) is 2. The average Bonchev–Trinajstić information content (AvgIpc) is 1.99. The van der Waals surface area contributed by atoms with Crippen molar-refractivity contribution in [1.82, 2.24) is 5.32 Å². The Morgan fingerprint density at radius 2 is 2.00 bits per heavy atom. The van der Waals surface area contributed by atoms with Gasteiger partial charge in [0.05, 0.1) is 6.04 Å². The van der Waals surface area contributed by atoms with Gasteiger partial charge < -0.3 is 15.9 Å². The van der Waals surface area contributed by atoms with Gasteiger partial charge in [-0.3, -0.25) is 0 Å². The molecule has 0 radical (unpaired) electrons. The summed E-state index contributed by atoms with van der Waals surface area (Å²) in [6.45, 7) is 9.36. The zero-order valence-electron chi connectivity index (χ0n) is 10.1. The molecule has 0 saturated carbocycles. The molecule has 0 aliphatic heterocycles. The number of nitrogens with two attached hydrogens (primary N) is 1. The molecule has 0 aromatic heterocycles. The Hall–Kier alpha value is -1.26. The molecule has 0 aliphatic rings. The third-order valence-electron chi connectivity index (χ3n) is 1.65. The molecule has 0 fully saturated rings. The van der Waals surface area contributed by atoms with Crippen LogP contribution in [0.5, 0.6) is 0 Å². The number of hydrazone groups is 1. The van der Waals surface area contributed by atoms with Crippen LogP contribution >= 0.6 is 0 Å². The number of hydrogen-bond acceptors (Lipinski definition) is 4. The lowest BCUT2D eigenvalue weighted by Gasteiger charge is -2.23. The highest BCUT2D eigenvalue weighted by molar-refractivity contribution is 5.75. The van der Waals surface area contributed by atoms with E-state index in [-0.39, 0.29) is 12.0 Å². The molecule has 5 heteroatoms. The second-order valence-corrected chi connectivity index (χ2v) is 4.71. The van der Waals surface area contributed by atoms with Gasteiger partial charge in [-0.15, -0.1) is 0 Å². The fourth-order valence-corrected chi connectivity index (χ4v) is 0.912. The first kappa shape index (κ1) is 13.7. The van der Waals surface area contributed by atoms with E-state index in [0.717, 1.165) is 0 Å². The van der Waals surface area contributed by atoms with Crippen LogP contribution in [0.25, 0.3) is 0 Å². The molecule has 0 spiro atoms. The van der Waals surface area contributed by atoms with Crippen molar-refractivity contribution in [2.45, 2.75) is 46.3 Å². The molecule has 0 aromatic rings. The summed E-state index contributed by atoms with van der Waals surface area (Å²) in [5, 5.41) is 6.09. The number of nitrogens with one attached hydrogen (secondary N) is 1. The number of carbonyl (C=O) groups excluding carboxylic acids is 1. The Morgan fingerprint density at radius 3 is 2.33 bits per heavy atom. The summed E-state index contributed by atoms with van der Waals surface area (Å²) in [7, 11) is 0. The number of carbonyl (C=O) groups is 1. The van der Waals surface area contributed by atoms with Crippen molar-refractivity contribution < 1.29 is 9.53 Å². The van der Waals surface area contributed by atoms with Crippen molar-refractivity contribution in [2.75, 3.05) is 0 Å². The molecule has 3 N–H and O–H groups in total. The second kappa shape index (κ2) is 5.58. The van der Waals surface area contributed by atoms with E-state index in [1.807, 2.05) is 34.6 Å². The topological polar surface area (TPSA) is 76.7 Å². The molecular weight excluding hydrogens is 194 g/mol. The Kier molecular flexibility index (Phi) is 5.11. The summed E-state index contributed by atoms with van der Waals surface area (Å²) in [4.78, 5) is 11.4. The van der Waals surface area contributed by atoms with E-state index in [1.54, 1.807) is 0 Å². The monoisotopic (exact) mass is 215 g/mol. The zero-order chi connectivity index (χ0) is 12.1. The van der Waals surface area contributed by atoms with E-state index >= 15 is 0 Å². The molecular formula is C10H21N3O2. The van der Waals surface area contributed by atoms with Gasteiger partial charge in [0.15, 0.2) is 0 Å². The maximum absolute atomic E-state index is 11.4. The molecule has 0 aliphatic carbocycles. The SMILES string of the molecule is CC(C)C(/C=N/N)NC(=O)OC(C)(C)C. The van der Waals surface area contributed by atoms with Crippen LogP contribution in [0.15, 0.2) is 5.10 Å². The first-order valence-electron chi connectivity index (χ1n) is 4.99. The van der Waals surface area contributed by atoms with Crippen LogP contribution in [-0.2, 0) is 4.74 Å². The van der Waals surface area contributed by atoms with Gasteiger partial charge in [-0.25, -0.2) is 4.79 Å². The van der Waals surface area contributed by atoms with E-state index in [9.17, 15) is 4.79 Å². The Balaban J connectivity index is 4.24. The highest BCUT2D eigenvalue weighted by Crippen LogP contribution is 2.07. The number of ether oxygens (including phenoxy) is 1. The fraction of sp³-hybridized carbons (Fsp3) is 0.800. The largest absolute Gasteiger partial charge is 0.444 e. The van der Waals surface area contributed by atoms with E-state index in [4.69, 9.17) is 10.6 Å². The van der Waals surface area contributed by atoms with Crippen LogP contribution in [0.1, 0.15) is 34.6 Å². The third-order valence-corrected chi connectivity index (χ3v) is 1.65. The van der Waals surface area contributed by atoms with E-state index in [0.29, 0.717) is 0 Å². The smallest absolute Gasteiger partial charge is 0.408 e. The van der Waals surface area contributed by atoms with Crippen molar-refractivity contribution in [1.29, 1.82) is 0 Å². The molecule has 0 rings (SSSR count). The number of nitrogens with zero attached hydrogens (tertiary/aromatic N) is 1. The van der Waals surface area contributed by atoms with Crippen LogP contribution in [0.3, 0.4) is 0 Å². The molecule has 0 aromatic carbocycles. The highest BCUT2D eigenvalue weighted by atomic mass is 16.6. The van der Waals surface area contributed by atoms with Crippen LogP contribution in [0.4, 0.5) is 4.79 Å². The van der Waals surface area contributed by atoms with E-state index in [1.165, 1.54) is 6.21 Å².